The Morgan fingerprint density at radius 2 is 2.03 bits per heavy atom. The lowest BCUT2D eigenvalue weighted by Crippen LogP contribution is -2.45. The summed E-state index contributed by atoms with van der Waals surface area (Å²) in [7, 11) is 0. The molecule has 5 rings (SSSR count). The van der Waals surface area contributed by atoms with Crippen molar-refractivity contribution in [3.63, 3.8) is 0 Å². The zero-order valence-corrected chi connectivity index (χ0v) is 20.2. The van der Waals surface area contributed by atoms with E-state index in [4.69, 9.17) is 4.98 Å². The molecule has 0 saturated heterocycles. The lowest BCUT2D eigenvalue weighted by atomic mass is 9.89. The fraction of sp³-hybridized carbons (Fsp3) is 0.667. The quantitative estimate of drug-likeness (QED) is 0.504. The molecule has 1 amide bonds. The molecular weight excluding hydrogens is 440 g/mol. The molecule has 2 fully saturated rings. The number of rotatable bonds is 5. The highest BCUT2D eigenvalue weighted by Gasteiger charge is 2.35. The maximum Gasteiger partial charge on any atom is 0.263 e. The van der Waals surface area contributed by atoms with Crippen LogP contribution in [0.1, 0.15) is 81.2 Å². The fourth-order valence-electron chi connectivity index (χ4n) is 5.65. The number of thioether (sulfide) groups is 1. The van der Waals surface area contributed by atoms with Gasteiger partial charge in [0.1, 0.15) is 10.4 Å². The highest BCUT2D eigenvalue weighted by atomic mass is 32.2. The molecule has 32 heavy (non-hydrogen) atoms. The van der Waals surface area contributed by atoms with Gasteiger partial charge in [-0.25, -0.2) is 4.98 Å². The van der Waals surface area contributed by atoms with Crippen LogP contribution >= 0.6 is 23.1 Å². The summed E-state index contributed by atoms with van der Waals surface area (Å²) in [6.07, 6.45) is 10.7. The maximum absolute atomic E-state index is 13.7. The summed E-state index contributed by atoms with van der Waals surface area (Å²) in [5, 5.41) is 14.0. The molecule has 2 heterocycles. The van der Waals surface area contributed by atoms with Crippen molar-refractivity contribution >= 4 is 39.2 Å². The van der Waals surface area contributed by atoms with Gasteiger partial charge in [0.15, 0.2) is 5.16 Å². The summed E-state index contributed by atoms with van der Waals surface area (Å²) in [5.41, 5.74) is 0.587. The summed E-state index contributed by atoms with van der Waals surface area (Å²) in [6.45, 7) is 2.27. The zero-order chi connectivity index (χ0) is 22.3. The number of hydrogen-bond donors (Lipinski definition) is 1. The van der Waals surface area contributed by atoms with Crippen molar-refractivity contribution in [2.24, 2.45) is 5.92 Å². The van der Waals surface area contributed by atoms with E-state index in [2.05, 4.69) is 18.3 Å². The van der Waals surface area contributed by atoms with Gasteiger partial charge < -0.3 is 5.32 Å². The highest BCUT2D eigenvalue weighted by molar-refractivity contribution is 7.99. The van der Waals surface area contributed by atoms with Gasteiger partial charge in [-0.2, -0.15) is 5.26 Å². The van der Waals surface area contributed by atoms with E-state index in [1.54, 1.807) is 11.3 Å². The van der Waals surface area contributed by atoms with Gasteiger partial charge in [0.05, 0.1) is 17.2 Å². The van der Waals surface area contributed by atoms with Crippen LogP contribution in [0.4, 0.5) is 0 Å². The Balaban J connectivity index is 1.46. The minimum Gasteiger partial charge on any atom is -0.337 e. The van der Waals surface area contributed by atoms with E-state index in [1.165, 1.54) is 22.2 Å². The van der Waals surface area contributed by atoms with E-state index in [0.29, 0.717) is 11.1 Å². The maximum atomic E-state index is 13.7. The predicted octanol–water partition coefficient (Wildman–Crippen LogP) is 4.74. The number of thiophene rings is 1. The van der Waals surface area contributed by atoms with Crippen molar-refractivity contribution in [3.05, 3.63) is 20.8 Å². The minimum atomic E-state index is -0.719. The summed E-state index contributed by atoms with van der Waals surface area (Å²) in [6, 6.07) is 2.49. The number of nitrogens with zero attached hydrogens (tertiary/aromatic N) is 3. The van der Waals surface area contributed by atoms with Crippen LogP contribution in [0.5, 0.6) is 0 Å². The number of fused-ring (bicyclic) bond motifs is 3. The van der Waals surface area contributed by atoms with Crippen LogP contribution in [0.2, 0.25) is 0 Å². The molecule has 2 aromatic rings. The molecule has 2 saturated carbocycles. The van der Waals surface area contributed by atoms with E-state index in [-0.39, 0.29) is 23.3 Å². The van der Waals surface area contributed by atoms with E-state index < -0.39 is 5.54 Å². The Hall–Kier alpha value is -1.85. The fourth-order valence-corrected chi connectivity index (χ4v) is 7.94. The topological polar surface area (TPSA) is 87.8 Å². The Morgan fingerprint density at radius 1 is 1.28 bits per heavy atom. The number of aromatic nitrogens is 2. The molecule has 3 aliphatic carbocycles. The van der Waals surface area contributed by atoms with Crippen LogP contribution in [0.15, 0.2) is 9.95 Å². The van der Waals surface area contributed by atoms with Gasteiger partial charge in [-0.05, 0) is 69.3 Å². The van der Waals surface area contributed by atoms with E-state index in [0.717, 1.165) is 80.8 Å². The molecule has 8 heteroatoms. The second-order valence-electron chi connectivity index (χ2n) is 9.78. The molecular formula is C24H30N4O2S2. The van der Waals surface area contributed by atoms with Gasteiger partial charge >= 0.3 is 0 Å². The average molecular weight is 471 g/mol. The number of carbonyl (C=O) groups excluding carboxylic acids is 1. The molecule has 6 nitrogen and oxygen atoms in total. The third-order valence-corrected chi connectivity index (χ3v) is 9.50. The van der Waals surface area contributed by atoms with Gasteiger partial charge in [0.2, 0.25) is 5.91 Å². The molecule has 3 aliphatic rings. The van der Waals surface area contributed by atoms with Crippen LogP contribution in [0, 0.1) is 17.2 Å². The van der Waals surface area contributed by atoms with Gasteiger partial charge in [-0.3, -0.25) is 14.2 Å². The van der Waals surface area contributed by atoms with Crippen LogP contribution in [-0.4, -0.2) is 26.8 Å². The highest BCUT2D eigenvalue weighted by Crippen LogP contribution is 2.38. The van der Waals surface area contributed by atoms with Crippen LogP contribution in [-0.2, 0) is 17.6 Å². The Bertz CT molecular complexity index is 1130. The molecule has 0 radical (unpaired) electrons. The molecule has 0 aromatic carbocycles. The molecule has 2 aromatic heterocycles. The van der Waals surface area contributed by atoms with Gasteiger partial charge in [-0.1, -0.05) is 31.5 Å². The molecule has 0 spiro atoms. The first-order valence-electron chi connectivity index (χ1n) is 11.9. The van der Waals surface area contributed by atoms with Crippen LogP contribution < -0.4 is 10.9 Å². The number of nitrogens with one attached hydrogen (secondary N) is 1. The van der Waals surface area contributed by atoms with E-state index >= 15 is 0 Å². The average Bonchev–Trinajstić information content (AvgIpc) is 3.52. The molecule has 1 N–H and O–H groups in total. The standard InChI is InChI=1S/C24H30N4O2S2/c1-15-8-9-17-18(12-15)32-21-20(17)22(30)28(16-6-2-3-7-16)23(26-21)31-13-19(29)27-24(14-25)10-4-5-11-24/h15-16H,2-13H2,1H3,(H,27,29). The number of amides is 1. The monoisotopic (exact) mass is 470 g/mol. The Labute approximate surface area is 196 Å². The normalized spacial score (nSPS) is 22.7. The van der Waals surface area contributed by atoms with Crippen molar-refractivity contribution in [2.75, 3.05) is 5.75 Å². The van der Waals surface area contributed by atoms with Gasteiger partial charge in [0, 0.05) is 10.9 Å². The molecule has 170 valence electrons. The molecule has 0 bridgehead atoms. The number of aryl methyl sites for hydroxylation is 1. The Kier molecular flexibility index (Phi) is 6.06. The molecule has 0 aliphatic heterocycles. The summed E-state index contributed by atoms with van der Waals surface area (Å²) < 4.78 is 1.90. The van der Waals surface area contributed by atoms with Crippen LogP contribution in [0.3, 0.4) is 0 Å². The van der Waals surface area contributed by atoms with Crippen LogP contribution in [0.25, 0.3) is 10.2 Å². The third kappa shape index (κ3) is 3.99. The van der Waals surface area contributed by atoms with Crippen molar-refractivity contribution < 1.29 is 4.79 Å². The number of hydrogen-bond acceptors (Lipinski definition) is 6. The largest absolute Gasteiger partial charge is 0.337 e. The first kappa shape index (κ1) is 22.0. The first-order chi connectivity index (χ1) is 15.5. The van der Waals surface area contributed by atoms with E-state index in [1.807, 2.05) is 4.57 Å². The van der Waals surface area contributed by atoms with Crippen molar-refractivity contribution in [1.29, 1.82) is 5.26 Å². The second-order valence-corrected chi connectivity index (χ2v) is 11.8. The second kappa shape index (κ2) is 8.83. The minimum absolute atomic E-state index is 0.0844. The van der Waals surface area contributed by atoms with Crippen molar-refractivity contribution in [2.45, 2.75) is 94.3 Å². The smallest absolute Gasteiger partial charge is 0.263 e. The summed E-state index contributed by atoms with van der Waals surface area (Å²) >= 11 is 3.01. The van der Waals surface area contributed by atoms with E-state index in [9.17, 15) is 14.9 Å². The van der Waals surface area contributed by atoms with Crippen molar-refractivity contribution in [3.8, 4) is 6.07 Å². The SMILES string of the molecule is CC1CCc2c(sc3nc(SCC(=O)NC4(C#N)CCCC4)n(C4CCCC4)c(=O)c23)C1. The Morgan fingerprint density at radius 3 is 2.75 bits per heavy atom. The van der Waals surface area contributed by atoms with Gasteiger partial charge in [-0.15, -0.1) is 11.3 Å². The lowest BCUT2D eigenvalue weighted by molar-refractivity contribution is -0.119. The summed E-state index contributed by atoms with van der Waals surface area (Å²) in [4.78, 5) is 33.6. The lowest BCUT2D eigenvalue weighted by Gasteiger charge is -2.22. The third-order valence-electron chi connectivity index (χ3n) is 7.40. The predicted molar refractivity (Wildman–Crippen MR) is 128 cm³/mol. The first-order valence-corrected chi connectivity index (χ1v) is 13.7. The molecule has 1 unspecified atom stereocenters. The number of carbonyl (C=O) groups is 1. The van der Waals surface area contributed by atoms with Crippen molar-refractivity contribution in [1.82, 2.24) is 14.9 Å². The number of nitriles is 1. The summed E-state index contributed by atoms with van der Waals surface area (Å²) in [5.74, 6) is 0.675. The zero-order valence-electron chi connectivity index (χ0n) is 18.6. The molecule has 1 atom stereocenters. The van der Waals surface area contributed by atoms with Gasteiger partial charge in [0.25, 0.3) is 5.56 Å².